The first-order chi connectivity index (χ1) is 6.47. The standard InChI is InChI=1S/C10H22N2O2/c1-7(2)5-11-10(14)12-9(4)8(3)6-13/h7-9,13H,5-6H2,1-4H3,(H2,11,12,14). The van der Waals surface area contributed by atoms with Crippen molar-refractivity contribution in [1.29, 1.82) is 0 Å². The maximum atomic E-state index is 11.3. The van der Waals surface area contributed by atoms with Gasteiger partial charge in [-0.15, -0.1) is 0 Å². The first-order valence-corrected chi connectivity index (χ1v) is 5.12. The molecule has 0 fully saturated rings. The molecule has 84 valence electrons. The first-order valence-electron chi connectivity index (χ1n) is 5.12. The van der Waals surface area contributed by atoms with Gasteiger partial charge in [-0.1, -0.05) is 20.8 Å². The number of nitrogens with one attached hydrogen (secondary N) is 2. The molecule has 14 heavy (non-hydrogen) atoms. The van der Waals surface area contributed by atoms with Gasteiger partial charge in [-0.05, 0) is 18.8 Å². The third kappa shape index (κ3) is 5.80. The second-order valence-electron chi connectivity index (χ2n) is 4.20. The third-order valence-corrected chi connectivity index (χ3v) is 2.17. The smallest absolute Gasteiger partial charge is 0.315 e. The van der Waals surface area contributed by atoms with Crippen LogP contribution in [0.25, 0.3) is 0 Å². The zero-order valence-electron chi connectivity index (χ0n) is 9.50. The van der Waals surface area contributed by atoms with Crippen LogP contribution in [-0.4, -0.2) is 30.3 Å². The summed E-state index contributed by atoms with van der Waals surface area (Å²) >= 11 is 0. The summed E-state index contributed by atoms with van der Waals surface area (Å²) in [5.41, 5.74) is 0. The van der Waals surface area contributed by atoms with E-state index in [4.69, 9.17) is 5.11 Å². The molecule has 0 aliphatic heterocycles. The summed E-state index contributed by atoms with van der Waals surface area (Å²) in [7, 11) is 0. The average Bonchev–Trinajstić information content (AvgIpc) is 2.13. The number of carbonyl (C=O) groups excluding carboxylic acids is 1. The molecule has 0 aromatic heterocycles. The lowest BCUT2D eigenvalue weighted by molar-refractivity contribution is 0.200. The van der Waals surface area contributed by atoms with E-state index in [1.165, 1.54) is 0 Å². The predicted molar refractivity (Wildman–Crippen MR) is 57.1 cm³/mol. The average molecular weight is 202 g/mol. The van der Waals surface area contributed by atoms with Crippen molar-refractivity contribution in [3.8, 4) is 0 Å². The van der Waals surface area contributed by atoms with E-state index in [-0.39, 0.29) is 24.6 Å². The lowest BCUT2D eigenvalue weighted by Crippen LogP contribution is -2.45. The van der Waals surface area contributed by atoms with E-state index in [1.54, 1.807) is 0 Å². The highest BCUT2D eigenvalue weighted by molar-refractivity contribution is 5.74. The van der Waals surface area contributed by atoms with Gasteiger partial charge in [0, 0.05) is 19.2 Å². The van der Waals surface area contributed by atoms with E-state index in [0.717, 1.165) is 0 Å². The van der Waals surface area contributed by atoms with Gasteiger partial charge < -0.3 is 15.7 Å². The summed E-state index contributed by atoms with van der Waals surface area (Å²) in [5.74, 6) is 0.533. The summed E-state index contributed by atoms with van der Waals surface area (Å²) in [6.45, 7) is 8.63. The molecule has 0 bridgehead atoms. The van der Waals surface area contributed by atoms with Crippen molar-refractivity contribution in [2.24, 2.45) is 11.8 Å². The summed E-state index contributed by atoms with van der Waals surface area (Å²) in [5, 5.41) is 14.4. The zero-order valence-corrected chi connectivity index (χ0v) is 9.50. The molecule has 0 spiro atoms. The minimum absolute atomic E-state index is 0.00726. The summed E-state index contributed by atoms with van der Waals surface area (Å²) in [4.78, 5) is 11.3. The largest absolute Gasteiger partial charge is 0.396 e. The normalized spacial score (nSPS) is 15.0. The van der Waals surface area contributed by atoms with Crippen LogP contribution in [0.2, 0.25) is 0 Å². The molecule has 4 heteroatoms. The molecule has 3 N–H and O–H groups in total. The second kappa shape index (κ2) is 6.65. The van der Waals surface area contributed by atoms with Gasteiger partial charge in [0.2, 0.25) is 0 Å². The molecule has 0 heterocycles. The lowest BCUT2D eigenvalue weighted by Gasteiger charge is -2.19. The van der Waals surface area contributed by atoms with E-state index in [9.17, 15) is 4.79 Å². The van der Waals surface area contributed by atoms with E-state index >= 15 is 0 Å². The predicted octanol–water partition coefficient (Wildman–Crippen LogP) is 0.958. The van der Waals surface area contributed by atoms with Crippen molar-refractivity contribution in [3.05, 3.63) is 0 Å². The van der Waals surface area contributed by atoms with Crippen LogP contribution in [0, 0.1) is 11.8 Å². The topological polar surface area (TPSA) is 61.4 Å². The fourth-order valence-electron chi connectivity index (χ4n) is 0.855. The number of aliphatic hydroxyl groups excluding tert-OH is 1. The number of carbonyl (C=O) groups is 1. The Morgan fingerprint density at radius 2 is 1.86 bits per heavy atom. The van der Waals surface area contributed by atoms with Crippen LogP contribution in [0.4, 0.5) is 4.79 Å². The maximum Gasteiger partial charge on any atom is 0.315 e. The lowest BCUT2D eigenvalue weighted by atomic mass is 10.1. The van der Waals surface area contributed by atoms with Crippen LogP contribution in [0.3, 0.4) is 0 Å². The molecule has 2 unspecified atom stereocenters. The number of aliphatic hydroxyl groups is 1. The molecule has 0 aromatic rings. The van der Waals surface area contributed by atoms with E-state index < -0.39 is 0 Å². The number of rotatable bonds is 5. The highest BCUT2D eigenvalue weighted by Gasteiger charge is 2.13. The van der Waals surface area contributed by atoms with Gasteiger partial charge in [0.25, 0.3) is 0 Å². The van der Waals surface area contributed by atoms with Crippen LogP contribution in [0.5, 0.6) is 0 Å². The van der Waals surface area contributed by atoms with Crippen LogP contribution < -0.4 is 10.6 Å². The van der Waals surface area contributed by atoms with Gasteiger partial charge in [-0.2, -0.15) is 0 Å². The van der Waals surface area contributed by atoms with Crippen LogP contribution >= 0.6 is 0 Å². The fourth-order valence-corrected chi connectivity index (χ4v) is 0.855. The number of hydrogen-bond donors (Lipinski definition) is 3. The molecule has 0 aliphatic rings. The van der Waals surface area contributed by atoms with Gasteiger partial charge in [0.05, 0.1) is 0 Å². The highest BCUT2D eigenvalue weighted by Crippen LogP contribution is 1.99. The fraction of sp³-hybridized carbons (Fsp3) is 0.900. The molecule has 2 atom stereocenters. The van der Waals surface area contributed by atoms with Crippen LogP contribution in [0.15, 0.2) is 0 Å². The monoisotopic (exact) mass is 202 g/mol. The Morgan fingerprint density at radius 1 is 1.29 bits per heavy atom. The molecule has 0 aliphatic carbocycles. The Hall–Kier alpha value is -0.770. The van der Waals surface area contributed by atoms with Crippen LogP contribution in [0.1, 0.15) is 27.7 Å². The van der Waals surface area contributed by atoms with Crippen molar-refractivity contribution in [3.63, 3.8) is 0 Å². The first kappa shape index (κ1) is 13.2. The molecular weight excluding hydrogens is 180 g/mol. The Balaban J connectivity index is 3.71. The maximum absolute atomic E-state index is 11.3. The van der Waals surface area contributed by atoms with E-state index in [0.29, 0.717) is 12.5 Å². The van der Waals surface area contributed by atoms with Gasteiger partial charge in [0.15, 0.2) is 0 Å². The van der Waals surface area contributed by atoms with Crippen molar-refractivity contribution in [1.82, 2.24) is 10.6 Å². The Morgan fingerprint density at radius 3 is 2.29 bits per heavy atom. The molecule has 2 amide bonds. The summed E-state index contributed by atoms with van der Waals surface area (Å²) in [6, 6.07) is -0.168. The number of hydrogen-bond acceptors (Lipinski definition) is 2. The Labute approximate surface area is 86.1 Å². The van der Waals surface area contributed by atoms with Gasteiger partial charge in [-0.25, -0.2) is 4.79 Å². The minimum Gasteiger partial charge on any atom is -0.396 e. The summed E-state index contributed by atoms with van der Waals surface area (Å²) in [6.07, 6.45) is 0. The van der Waals surface area contributed by atoms with Crippen molar-refractivity contribution >= 4 is 6.03 Å². The van der Waals surface area contributed by atoms with Gasteiger partial charge in [0.1, 0.15) is 0 Å². The highest BCUT2D eigenvalue weighted by atomic mass is 16.3. The van der Waals surface area contributed by atoms with Crippen molar-refractivity contribution in [2.45, 2.75) is 33.7 Å². The summed E-state index contributed by atoms with van der Waals surface area (Å²) < 4.78 is 0. The number of urea groups is 1. The van der Waals surface area contributed by atoms with Gasteiger partial charge in [-0.3, -0.25) is 0 Å². The van der Waals surface area contributed by atoms with Crippen molar-refractivity contribution in [2.75, 3.05) is 13.2 Å². The Bertz CT molecular complexity index is 172. The minimum atomic E-state index is -0.161. The van der Waals surface area contributed by atoms with Gasteiger partial charge >= 0.3 is 6.03 Å². The molecule has 0 aromatic carbocycles. The SMILES string of the molecule is CC(C)CNC(=O)NC(C)C(C)CO. The van der Waals surface area contributed by atoms with E-state index in [1.807, 2.05) is 27.7 Å². The zero-order chi connectivity index (χ0) is 11.1. The molecule has 0 rings (SSSR count). The quantitative estimate of drug-likeness (QED) is 0.622. The molecule has 0 saturated carbocycles. The van der Waals surface area contributed by atoms with Crippen molar-refractivity contribution < 1.29 is 9.90 Å². The van der Waals surface area contributed by atoms with E-state index in [2.05, 4.69) is 10.6 Å². The molecule has 4 nitrogen and oxygen atoms in total. The molecular formula is C10H22N2O2. The molecule has 0 radical (unpaired) electrons. The number of amides is 2. The Kier molecular flexibility index (Phi) is 6.28. The van der Waals surface area contributed by atoms with Crippen LogP contribution in [-0.2, 0) is 0 Å². The third-order valence-electron chi connectivity index (χ3n) is 2.17. The molecule has 0 saturated heterocycles. The second-order valence-corrected chi connectivity index (χ2v) is 4.20.